The van der Waals surface area contributed by atoms with Gasteiger partial charge in [-0.3, -0.25) is 4.79 Å². The van der Waals surface area contributed by atoms with Gasteiger partial charge in [-0.15, -0.1) is 0 Å². The monoisotopic (exact) mass is 445 g/mol. The number of nitrogens with zero attached hydrogens (tertiary/aromatic N) is 1. The molecule has 1 aliphatic rings. The molecule has 1 aliphatic heterocycles. The predicted octanol–water partition coefficient (Wildman–Crippen LogP) is 3.62. The summed E-state index contributed by atoms with van der Waals surface area (Å²) in [5, 5.41) is 9.48. The summed E-state index contributed by atoms with van der Waals surface area (Å²) in [4.78, 5) is 24.2. The Balaban J connectivity index is 2.19. The Morgan fingerprint density at radius 3 is 2.56 bits per heavy atom. The zero-order chi connectivity index (χ0) is 23.5. The van der Waals surface area contributed by atoms with Crippen LogP contribution >= 0.6 is 0 Å². The number of fused-ring (bicyclic) bond motifs is 1. The first-order chi connectivity index (χ1) is 15.2. The summed E-state index contributed by atoms with van der Waals surface area (Å²) in [7, 11) is 3.21. The molecule has 0 saturated carbocycles. The molecule has 1 aromatic carbocycles. The number of aromatic nitrogens is 1. The Morgan fingerprint density at radius 1 is 1.19 bits per heavy atom. The predicted molar refractivity (Wildman–Crippen MR) is 120 cm³/mol. The van der Waals surface area contributed by atoms with E-state index in [2.05, 4.69) is 20.8 Å². The molecule has 0 aliphatic carbocycles. The number of hydrogen-bond acceptors (Lipinski definition) is 6. The van der Waals surface area contributed by atoms with Crippen molar-refractivity contribution < 1.29 is 28.8 Å². The number of aromatic carboxylic acids is 1. The fourth-order valence-corrected chi connectivity index (χ4v) is 3.85. The summed E-state index contributed by atoms with van der Waals surface area (Å²) in [5.74, 6) is 0.516. The van der Waals surface area contributed by atoms with E-state index in [-0.39, 0.29) is 11.0 Å². The van der Waals surface area contributed by atoms with Crippen LogP contribution in [-0.4, -0.2) is 49.7 Å². The minimum absolute atomic E-state index is 0.156. The van der Waals surface area contributed by atoms with Crippen LogP contribution in [0.1, 0.15) is 43.1 Å². The molecule has 0 spiro atoms. The van der Waals surface area contributed by atoms with Crippen molar-refractivity contribution in [3.63, 3.8) is 0 Å². The van der Waals surface area contributed by atoms with E-state index in [0.29, 0.717) is 55.7 Å². The van der Waals surface area contributed by atoms with Crippen LogP contribution in [0.3, 0.4) is 0 Å². The molecule has 8 nitrogen and oxygen atoms in total. The van der Waals surface area contributed by atoms with Gasteiger partial charge in [0, 0.05) is 62.6 Å². The second kappa shape index (κ2) is 9.65. The number of carboxylic acid groups (broad SMARTS) is 1. The van der Waals surface area contributed by atoms with E-state index in [9.17, 15) is 14.7 Å². The molecule has 174 valence electrons. The topological polar surface area (TPSA) is 96.2 Å². The third-order valence-electron chi connectivity index (χ3n) is 5.14. The second-order valence-corrected chi connectivity index (χ2v) is 8.98. The molecular formula is C24H31NO7. The number of pyridine rings is 1. The van der Waals surface area contributed by atoms with Crippen molar-refractivity contribution in [2.24, 2.45) is 5.41 Å². The maximum Gasteiger partial charge on any atom is 0.341 e. The molecule has 0 amide bonds. The van der Waals surface area contributed by atoms with Gasteiger partial charge in [-0.25, -0.2) is 4.79 Å². The standard InChI is InChI=1S/C24H31NO7/c1-24(2,3)14-25-13-16(23(27)28)18(26)11-17(25)21-15-7-10-32-22(15)20(12-19(21)30-5)31-9-6-8-29-4/h11-13H,6-10,14H2,1-5H3,(H,27,28). The molecule has 0 atom stereocenters. The SMILES string of the molecule is COCCCOc1cc(OC)c(-c2cc(=O)c(C(=O)O)cn2CC(C)(C)C)c2c1OCC2. The molecular weight excluding hydrogens is 414 g/mol. The van der Waals surface area contributed by atoms with Crippen molar-refractivity contribution in [1.29, 1.82) is 0 Å². The van der Waals surface area contributed by atoms with E-state index in [1.54, 1.807) is 20.3 Å². The highest BCUT2D eigenvalue weighted by Crippen LogP contribution is 2.47. The van der Waals surface area contributed by atoms with Gasteiger partial charge in [0.15, 0.2) is 16.9 Å². The Kier molecular flexibility index (Phi) is 7.13. The highest BCUT2D eigenvalue weighted by molar-refractivity contribution is 5.88. The Bertz CT molecular complexity index is 1050. The number of methoxy groups -OCH3 is 2. The van der Waals surface area contributed by atoms with Crippen LogP contribution in [0.2, 0.25) is 0 Å². The third kappa shape index (κ3) is 5.07. The lowest BCUT2D eigenvalue weighted by Crippen LogP contribution is -2.23. The van der Waals surface area contributed by atoms with Crippen molar-refractivity contribution in [2.45, 2.75) is 40.2 Å². The van der Waals surface area contributed by atoms with Gasteiger partial charge in [0.1, 0.15) is 11.3 Å². The third-order valence-corrected chi connectivity index (χ3v) is 5.14. The van der Waals surface area contributed by atoms with Crippen molar-refractivity contribution in [3.8, 4) is 28.5 Å². The van der Waals surface area contributed by atoms with Gasteiger partial charge in [0.25, 0.3) is 0 Å². The lowest BCUT2D eigenvalue weighted by molar-refractivity contribution is 0.0694. The Labute approximate surface area is 187 Å². The van der Waals surface area contributed by atoms with E-state index in [0.717, 1.165) is 17.5 Å². The van der Waals surface area contributed by atoms with Gasteiger partial charge in [0.05, 0.1) is 26.0 Å². The molecule has 2 heterocycles. The number of benzene rings is 1. The van der Waals surface area contributed by atoms with Gasteiger partial charge in [-0.05, 0) is 5.41 Å². The molecule has 0 saturated heterocycles. The van der Waals surface area contributed by atoms with Gasteiger partial charge < -0.3 is 28.6 Å². The summed E-state index contributed by atoms with van der Waals surface area (Å²) in [6.07, 6.45) is 2.78. The van der Waals surface area contributed by atoms with E-state index >= 15 is 0 Å². The first-order valence-electron chi connectivity index (χ1n) is 10.6. The van der Waals surface area contributed by atoms with Gasteiger partial charge in [0.2, 0.25) is 0 Å². The average Bonchev–Trinajstić information content (AvgIpc) is 3.20. The molecule has 2 aromatic rings. The first kappa shape index (κ1) is 23.7. The van der Waals surface area contributed by atoms with Crippen LogP contribution in [0.25, 0.3) is 11.3 Å². The smallest absolute Gasteiger partial charge is 0.341 e. The number of carboxylic acids is 1. The molecule has 0 radical (unpaired) electrons. The highest BCUT2D eigenvalue weighted by atomic mass is 16.5. The van der Waals surface area contributed by atoms with E-state index in [4.69, 9.17) is 18.9 Å². The highest BCUT2D eigenvalue weighted by Gasteiger charge is 2.29. The summed E-state index contributed by atoms with van der Waals surface area (Å²) in [6, 6.07) is 3.15. The molecule has 0 unspecified atom stereocenters. The maximum atomic E-state index is 12.6. The molecule has 8 heteroatoms. The van der Waals surface area contributed by atoms with Crippen LogP contribution in [0.4, 0.5) is 0 Å². The van der Waals surface area contributed by atoms with Crippen molar-refractivity contribution >= 4 is 5.97 Å². The first-order valence-corrected chi connectivity index (χ1v) is 10.6. The maximum absolute atomic E-state index is 12.6. The van der Waals surface area contributed by atoms with Crippen molar-refractivity contribution in [1.82, 2.24) is 4.57 Å². The van der Waals surface area contributed by atoms with Gasteiger partial charge in [-0.2, -0.15) is 0 Å². The number of rotatable bonds is 9. The Morgan fingerprint density at radius 2 is 1.94 bits per heavy atom. The van der Waals surface area contributed by atoms with Crippen LogP contribution < -0.4 is 19.6 Å². The Hall–Kier alpha value is -3.00. The van der Waals surface area contributed by atoms with Gasteiger partial charge >= 0.3 is 5.97 Å². The fourth-order valence-electron chi connectivity index (χ4n) is 3.85. The van der Waals surface area contributed by atoms with Gasteiger partial charge in [-0.1, -0.05) is 20.8 Å². The zero-order valence-electron chi connectivity index (χ0n) is 19.3. The molecule has 32 heavy (non-hydrogen) atoms. The minimum atomic E-state index is -1.25. The van der Waals surface area contributed by atoms with Crippen molar-refractivity contribution in [2.75, 3.05) is 34.0 Å². The van der Waals surface area contributed by atoms with Crippen LogP contribution in [0, 0.1) is 5.41 Å². The summed E-state index contributed by atoms with van der Waals surface area (Å²) < 4.78 is 24.4. The molecule has 0 fully saturated rings. The van der Waals surface area contributed by atoms with Crippen LogP contribution in [0.5, 0.6) is 17.2 Å². The normalized spacial score (nSPS) is 12.9. The number of hydrogen-bond donors (Lipinski definition) is 1. The molecule has 0 bridgehead atoms. The number of carbonyl (C=O) groups is 1. The molecule has 1 N–H and O–H groups in total. The average molecular weight is 446 g/mol. The molecule has 3 rings (SSSR count). The van der Waals surface area contributed by atoms with Crippen LogP contribution in [0.15, 0.2) is 23.1 Å². The fraction of sp³-hybridized carbons (Fsp3) is 0.500. The minimum Gasteiger partial charge on any atom is -0.496 e. The summed E-state index contributed by atoms with van der Waals surface area (Å²) in [5.41, 5.74) is 1.24. The van der Waals surface area contributed by atoms with Crippen LogP contribution in [-0.2, 0) is 17.7 Å². The number of ether oxygens (including phenoxy) is 4. The largest absolute Gasteiger partial charge is 0.496 e. The summed E-state index contributed by atoms with van der Waals surface area (Å²) >= 11 is 0. The second-order valence-electron chi connectivity index (χ2n) is 8.98. The quantitative estimate of drug-likeness (QED) is 0.589. The summed E-state index contributed by atoms with van der Waals surface area (Å²) in [6.45, 7) is 8.21. The zero-order valence-corrected chi connectivity index (χ0v) is 19.3. The lowest BCUT2D eigenvalue weighted by Gasteiger charge is -2.25. The van der Waals surface area contributed by atoms with Crippen molar-refractivity contribution in [3.05, 3.63) is 39.7 Å². The van der Waals surface area contributed by atoms with E-state index < -0.39 is 11.4 Å². The van der Waals surface area contributed by atoms with E-state index in [1.165, 1.54) is 12.3 Å². The lowest BCUT2D eigenvalue weighted by atomic mass is 9.94. The molecule has 1 aromatic heterocycles. The van der Waals surface area contributed by atoms with E-state index in [1.807, 2.05) is 4.57 Å².